The molecule has 6 nitrogen and oxygen atoms in total. The number of carbonyl (C=O) groups is 1. The molecule has 3 heterocycles. The van der Waals surface area contributed by atoms with Crippen LogP contribution in [0.3, 0.4) is 0 Å². The average molecular weight is 363 g/mol. The molecule has 0 N–H and O–H groups in total. The Bertz CT molecular complexity index is 876. The van der Waals surface area contributed by atoms with Crippen LogP contribution in [-0.4, -0.2) is 66.0 Å². The first-order chi connectivity index (χ1) is 13.2. The van der Waals surface area contributed by atoms with Gasteiger partial charge in [0.25, 0.3) is 0 Å². The predicted octanol–water partition coefficient (Wildman–Crippen LogP) is 2.26. The van der Waals surface area contributed by atoms with E-state index >= 15 is 0 Å². The molecule has 1 aromatic heterocycles. The summed E-state index contributed by atoms with van der Waals surface area (Å²) in [5, 5.41) is 10.3. The van der Waals surface area contributed by atoms with E-state index in [9.17, 15) is 10.1 Å². The molecule has 2 aliphatic heterocycles. The molecule has 2 aliphatic rings. The highest BCUT2D eigenvalue weighted by atomic mass is 16.2. The van der Waals surface area contributed by atoms with Gasteiger partial charge >= 0.3 is 0 Å². The van der Waals surface area contributed by atoms with E-state index in [4.69, 9.17) is 0 Å². The van der Waals surface area contributed by atoms with Gasteiger partial charge in [-0.3, -0.25) is 14.7 Å². The molecule has 0 aliphatic carbocycles. The number of rotatable bonds is 4. The first-order valence-corrected chi connectivity index (χ1v) is 9.65. The Kier molecular flexibility index (Phi) is 4.95. The van der Waals surface area contributed by atoms with Crippen molar-refractivity contribution in [1.29, 1.82) is 5.26 Å². The molecular formula is C21H25N5O. The first-order valence-electron chi connectivity index (χ1n) is 9.65. The van der Waals surface area contributed by atoms with Crippen molar-refractivity contribution in [3.63, 3.8) is 0 Å². The van der Waals surface area contributed by atoms with Gasteiger partial charge in [0.15, 0.2) is 0 Å². The highest BCUT2D eigenvalue weighted by molar-refractivity contribution is 5.82. The Morgan fingerprint density at radius 1 is 1.33 bits per heavy atom. The average Bonchev–Trinajstić information content (AvgIpc) is 3.36. The second-order valence-electron chi connectivity index (χ2n) is 7.54. The fourth-order valence-electron chi connectivity index (χ4n) is 4.24. The van der Waals surface area contributed by atoms with Crippen LogP contribution >= 0.6 is 0 Å². The van der Waals surface area contributed by atoms with Crippen LogP contribution in [0.5, 0.6) is 0 Å². The van der Waals surface area contributed by atoms with Crippen molar-refractivity contribution in [3.05, 3.63) is 36.5 Å². The van der Waals surface area contributed by atoms with Gasteiger partial charge in [-0.2, -0.15) is 5.26 Å². The Morgan fingerprint density at radius 3 is 3.07 bits per heavy atom. The van der Waals surface area contributed by atoms with Crippen molar-refractivity contribution in [2.45, 2.75) is 31.3 Å². The van der Waals surface area contributed by atoms with E-state index in [1.807, 2.05) is 12.3 Å². The smallest absolute Gasteiger partial charge is 0.237 e. The minimum absolute atomic E-state index is 0.0947. The third kappa shape index (κ3) is 3.60. The van der Waals surface area contributed by atoms with Gasteiger partial charge in [0.2, 0.25) is 5.91 Å². The van der Waals surface area contributed by atoms with Gasteiger partial charge in [-0.05, 0) is 37.5 Å². The van der Waals surface area contributed by atoms with E-state index in [1.54, 1.807) is 4.90 Å². The van der Waals surface area contributed by atoms with E-state index in [0.717, 1.165) is 55.5 Å². The number of hydrogen-bond donors (Lipinski definition) is 0. The SMILES string of the molecule is CN(c1ccc2cccnc2c1)[C@@H]1CCN(CC(=O)N2CCC[C@H]2C#N)C1. The summed E-state index contributed by atoms with van der Waals surface area (Å²) in [4.78, 5) is 23.3. The van der Waals surface area contributed by atoms with Crippen molar-refractivity contribution in [2.75, 3.05) is 38.1 Å². The van der Waals surface area contributed by atoms with Gasteiger partial charge in [-0.1, -0.05) is 12.1 Å². The van der Waals surface area contributed by atoms with E-state index in [0.29, 0.717) is 12.6 Å². The molecule has 2 atom stereocenters. The molecule has 140 valence electrons. The molecule has 1 aromatic carbocycles. The molecule has 2 fully saturated rings. The van der Waals surface area contributed by atoms with Crippen molar-refractivity contribution in [2.24, 2.45) is 0 Å². The van der Waals surface area contributed by atoms with Crippen molar-refractivity contribution in [3.8, 4) is 6.07 Å². The Morgan fingerprint density at radius 2 is 2.22 bits per heavy atom. The predicted molar refractivity (Wildman–Crippen MR) is 105 cm³/mol. The third-order valence-electron chi connectivity index (χ3n) is 5.87. The number of benzene rings is 1. The maximum atomic E-state index is 12.6. The molecule has 2 aromatic rings. The standard InChI is InChI=1S/C21H25N5O/c1-24(17-7-6-16-4-2-9-23-20(16)12-17)19-8-11-25(14-19)15-21(27)26-10-3-5-18(26)13-22/h2,4,6-7,9,12,18-19H,3,5,8,10-11,14-15H2,1H3/t18-,19+/m0/s1. The second-order valence-corrected chi connectivity index (χ2v) is 7.54. The zero-order chi connectivity index (χ0) is 18.8. The third-order valence-corrected chi connectivity index (χ3v) is 5.87. The minimum atomic E-state index is -0.233. The minimum Gasteiger partial charge on any atom is -0.370 e. The maximum absolute atomic E-state index is 12.6. The zero-order valence-corrected chi connectivity index (χ0v) is 15.7. The Hall–Kier alpha value is -2.65. The molecular weight excluding hydrogens is 338 g/mol. The van der Waals surface area contributed by atoms with E-state index in [1.165, 1.54) is 0 Å². The van der Waals surface area contributed by atoms with Crippen molar-refractivity contribution >= 4 is 22.5 Å². The maximum Gasteiger partial charge on any atom is 0.237 e. The largest absolute Gasteiger partial charge is 0.370 e. The normalized spacial score (nSPS) is 22.9. The number of amides is 1. The number of fused-ring (bicyclic) bond motifs is 1. The summed E-state index contributed by atoms with van der Waals surface area (Å²) in [6.45, 7) is 2.92. The molecule has 6 heteroatoms. The van der Waals surface area contributed by atoms with Gasteiger partial charge in [0.05, 0.1) is 18.1 Å². The molecule has 1 amide bonds. The van der Waals surface area contributed by atoms with E-state index in [2.05, 4.69) is 52.2 Å². The van der Waals surface area contributed by atoms with Crippen LogP contribution < -0.4 is 4.90 Å². The number of likely N-dealkylation sites (tertiary alicyclic amines) is 2. The van der Waals surface area contributed by atoms with Crippen molar-refractivity contribution < 1.29 is 4.79 Å². The number of likely N-dealkylation sites (N-methyl/N-ethyl adjacent to an activating group) is 1. The highest BCUT2D eigenvalue weighted by Crippen LogP contribution is 2.25. The summed E-state index contributed by atoms with van der Waals surface area (Å²) >= 11 is 0. The lowest BCUT2D eigenvalue weighted by molar-refractivity contribution is -0.132. The summed E-state index contributed by atoms with van der Waals surface area (Å²) < 4.78 is 0. The molecule has 27 heavy (non-hydrogen) atoms. The molecule has 0 spiro atoms. The zero-order valence-electron chi connectivity index (χ0n) is 15.7. The number of nitrogens with zero attached hydrogens (tertiary/aromatic N) is 5. The Labute approximate surface area is 160 Å². The van der Waals surface area contributed by atoms with Gasteiger partial charge in [0.1, 0.15) is 6.04 Å². The fraction of sp³-hybridized carbons (Fsp3) is 0.476. The van der Waals surface area contributed by atoms with Gasteiger partial charge in [-0.15, -0.1) is 0 Å². The lowest BCUT2D eigenvalue weighted by Crippen LogP contribution is -2.42. The van der Waals surface area contributed by atoms with Crippen LogP contribution in [0.15, 0.2) is 36.5 Å². The summed E-state index contributed by atoms with van der Waals surface area (Å²) in [5.41, 5.74) is 2.16. The van der Waals surface area contributed by atoms with Crippen LogP contribution in [0.2, 0.25) is 0 Å². The van der Waals surface area contributed by atoms with Crippen LogP contribution in [0.1, 0.15) is 19.3 Å². The number of nitriles is 1. The molecule has 0 bridgehead atoms. The first kappa shape index (κ1) is 17.7. The molecule has 4 rings (SSSR count). The topological polar surface area (TPSA) is 63.5 Å². The molecule has 2 saturated heterocycles. The quantitative estimate of drug-likeness (QED) is 0.834. The number of anilines is 1. The Balaban J connectivity index is 1.38. The van der Waals surface area contributed by atoms with Crippen LogP contribution in [0.25, 0.3) is 10.9 Å². The summed E-state index contributed by atoms with van der Waals surface area (Å²) in [7, 11) is 2.12. The van der Waals surface area contributed by atoms with Crippen LogP contribution in [-0.2, 0) is 4.79 Å². The van der Waals surface area contributed by atoms with Crippen LogP contribution in [0.4, 0.5) is 5.69 Å². The number of pyridine rings is 1. The monoisotopic (exact) mass is 363 g/mol. The van der Waals surface area contributed by atoms with Crippen LogP contribution in [0, 0.1) is 11.3 Å². The second kappa shape index (κ2) is 7.53. The number of carbonyl (C=O) groups excluding carboxylic acids is 1. The molecule has 0 unspecified atom stereocenters. The van der Waals surface area contributed by atoms with E-state index in [-0.39, 0.29) is 11.9 Å². The van der Waals surface area contributed by atoms with Gasteiger partial charge in [-0.25, -0.2) is 0 Å². The lowest BCUT2D eigenvalue weighted by Gasteiger charge is -2.28. The molecule has 0 saturated carbocycles. The summed E-state index contributed by atoms with van der Waals surface area (Å²) in [6.07, 6.45) is 4.60. The fourth-order valence-corrected chi connectivity index (χ4v) is 4.24. The highest BCUT2D eigenvalue weighted by Gasteiger charge is 2.32. The number of aromatic nitrogens is 1. The number of hydrogen-bond acceptors (Lipinski definition) is 5. The van der Waals surface area contributed by atoms with E-state index < -0.39 is 0 Å². The van der Waals surface area contributed by atoms with Crippen molar-refractivity contribution in [1.82, 2.24) is 14.8 Å². The van der Waals surface area contributed by atoms with Gasteiger partial charge in [0, 0.05) is 50.0 Å². The molecule has 0 radical (unpaired) electrons. The summed E-state index contributed by atoms with van der Waals surface area (Å²) in [6, 6.07) is 12.8. The lowest BCUT2D eigenvalue weighted by atomic mass is 10.1. The van der Waals surface area contributed by atoms with Gasteiger partial charge < -0.3 is 9.80 Å². The summed E-state index contributed by atoms with van der Waals surface area (Å²) in [5.74, 6) is 0.0947.